The lowest BCUT2D eigenvalue weighted by atomic mass is 10.2. The molecule has 0 heterocycles. The second-order valence-electron chi connectivity index (χ2n) is 4.57. The molecule has 0 aliphatic heterocycles. The number of nitrogens with one attached hydrogen (secondary N) is 1. The van der Waals surface area contributed by atoms with Gasteiger partial charge in [-0.25, -0.2) is 8.78 Å². The maximum absolute atomic E-state index is 13.4. The van der Waals surface area contributed by atoms with E-state index in [4.69, 9.17) is 4.74 Å². The first kappa shape index (κ1) is 15.0. The second kappa shape index (κ2) is 6.83. The summed E-state index contributed by atoms with van der Waals surface area (Å²) in [6.45, 7) is 1.61. The number of amides is 1. The third-order valence-corrected chi connectivity index (χ3v) is 2.94. The van der Waals surface area contributed by atoms with Gasteiger partial charge in [0, 0.05) is 12.1 Å². The fourth-order valence-electron chi connectivity index (χ4n) is 1.79. The van der Waals surface area contributed by atoms with E-state index >= 15 is 0 Å². The lowest BCUT2D eigenvalue weighted by molar-refractivity contribution is -0.123. The van der Waals surface area contributed by atoms with E-state index < -0.39 is 17.5 Å². The standard InChI is InChI=1S/C16H15F2NO2/c1-11-4-2-3-5-15(11)21-10-16(20)19-9-12-8-13(17)6-7-14(12)18/h2-8H,9-10H2,1H3,(H,19,20). The Kier molecular flexibility index (Phi) is 4.87. The van der Waals surface area contributed by atoms with Gasteiger partial charge in [0.1, 0.15) is 17.4 Å². The molecule has 0 saturated heterocycles. The van der Waals surface area contributed by atoms with E-state index in [1.807, 2.05) is 25.1 Å². The predicted molar refractivity (Wildman–Crippen MR) is 74.9 cm³/mol. The summed E-state index contributed by atoms with van der Waals surface area (Å²) in [7, 11) is 0. The van der Waals surface area contributed by atoms with Crippen LogP contribution in [0.3, 0.4) is 0 Å². The summed E-state index contributed by atoms with van der Waals surface area (Å²) in [6.07, 6.45) is 0. The quantitative estimate of drug-likeness (QED) is 0.919. The Bertz CT molecular complexity index is 644. The van der Waals surface area contributed by atoms with Gasteiger partial charge in [-0.3, -0.25) is 4.79 Å². The zero-order valence-electron chi connectivity index (χ0n) is 11.5. The molecular formula is C16H15F2NO2. The van der Waals surface area contributed by atoms with Crippen LogP contribution in [0.15, 0.2) is 42.5 Å². The summed E-state index contributed by atoms with van der Waals surface area (Å²) in [5.74, 6) is -0.889. The number of aryl methyl sites for hydroxylation is 1. The molecule has 2 aromatic rings. The number of hydrogen-bond donors (Lipinski definition) is 1. The van der Waals surface area contributed by atoms with Crippen molar-refractivity contribution >= 4 is 5.91 Å². The normalized spacial score (nSPS) is 10.2. The van der Waals surface area contributed by atoms with Crippen LogP contribution in [-0.4, -0.2) is 12.5 Å². The van der Waals surface area contributed by atoms with Crippen LogP contribution in [0.5, 0.6) is 5.75 Å². The lowest BCUT2D eigenvalue weighted by Gasteiger charge is -2.09. The number of para-hydroxylation sites is 1. The fourth-order valence-corrected chi connectivity index (χ4v) is 1.79. The monoisotopic (exact) mass is 291 g/mol. The van der Waals surface area contributed by atoms with Gasteiger partial charge in [-0.15, -0.1) is 0 Å². The van der Waals surface area contributed by atoms with Gasteiger partial charge in [0.2, 0.25) is 0 Å². The van der Waals surface area contributed by atoms with Crippen molar-refractivity contribution in [2.24, 2.45) is 0 Å². The highest BCUT2D eigenvalue weighted by atomic mass is 19.1. The molecule has 2 aromatic carbocycles. The van der Waals surface area contributed by atoms with E-state index in [1.54, 1.807) is 6.07 Å². The molecule has 0 aliphatic carbocycles. The molecule has 110 valence electrons. The molecule has 5 heteroatoms. The van der Waals surface area contributed by atoms with Crippen molar-refractivity contribution in [3.63, 3.8) is 0 Å². The molecule has 0 atom stereocenters. The highest BCUT2D eigenvalue weighted by Gasteiger charge is 2.07. The lowest BCUT2D eigenvalue weighted by Crippen LogP contribution is -2.28. The molecule has 0 aliphatic rings. The van der Waals surface area contributed by atoms with Crippen molar-refractivity contribution in [3.8, 4) is 5.75 Å². The van der Waals surface area contributed by atoms with Crippen LogP contribution < -0.4 is 10.1 Å². The number of halogens is 2. The van der Waals surface area contributed by atoms with E-state index in [0.717, 1.165) is 23.8 Å². The Morgan fingerprint density at radius 1 is 1.19 bits per heavy atom. The molecule has 0 fully saturated rings. The van der Waals surface area contributed by atoms with Crippen molar-refractivity contribution in [2.75, 3.05) is 6.61 Å². The summed E-state index contributed by atoms with van der Waals surface area (Å²) in [5, 5.41) is 2.49. The Hall–Kier alpha value is -2.43. The van der Waals surface area contributed by atoms with Gasteiger partial charge in [0.05, 0.1) is 0 Å². The largest absolute Gasteiger partial charge is 0.484 e. The average molecular weight is 291 g/mol. The van der Waals surface area contributed by atoms with Crippen LogP contribution in [0.4, 0.5) is 8.78 Å². The Balaban J connectivity index is 1.85. The van der Waals surface area contributed by atoms with Crippen molar-refractivity contribution in [2.45, 2.75) is 13.5 Å². The predicted octanol–water partition coefficient (Wildman–Crippen LogP) is 2.97. The fraction of sp³-hybridized carbons (Fsp3) is 0.188. The minimum absolute atomic E-state index is 0.0838. The van der Waals surface area contributed by atoms with E-state index in [1.165, 1.54) is 0 Å². The van der Waals surface area contributed by atoms with Gasteiger partial charge in [0.25, 0.3) is 5.91 Å². The highest BCUT2D eigenvalue weighted by Crippen LogP contribution is 2.15. The average Bonchev–Trinajstić information content (AvgIpc) is 2.47. The molecule has 0 saturated carbocycles. The molecule has 21 heavy (non-hydrogen) atoms. The van der Waals surface area contributed by atoms with Gasteiger partial charge in [-0.05, 0) is 36.8 Å². The number of carbonyl (C=O) groups is 1. The second-order valence-corrected chi connectivity index (χ2v) is 4.57. The van der Waals surface area contributed by atoms with E-state index in [-0.39, 0.29) is 18.7 Å². The summed E-state index contributed by atoms with van der Waals surface area (Å²) in [5.41, 5.74) is 1.01. The summed E-state index contributed by atoms with van der Waals surface area (Å²) in [4.78, 5) is 11.6. The molecule has 0 radical (unpaired) electrons. The maximum atomic E-state index is 13.4. The summed E-state index contributed by atoms with van der Waals surface area (Å²) >= 11 is 0. The van der Waals surface area contributed by atoms with E-state index in [2.05, 4.69) is 5.32 Å². The van der Waals surface area contributed by atoms with Crippen molar-refractivity contribution in [3.05, 3.63) is 65.2 Å². The Morgan fingerprint density at radius 3 is 2.71 bits per heavy atom. The minimum Gasteiger partial charge on any atom is -0.484 e. The first-order chi connectivity index (χ1) is 10.1. The molecule has 1 amide bonds. The molecule has 0 bridgehead atoms. The smallest absolute Gasteiger partial charge is 0.258 e. The van der Waals surface area contributed by atoms with Crippen LogP contribution in [0.1, 0.15) is 11.1 Å². The molecule has 0 spiro atoms. The molecular weight excluding hydrogens is 276 g/mol. The number of carbonyl (C=O) groups excluding carboxylic acids is 1. The molecule has 0 unspecified atom stereocenters. The number of ether oxygens (including phenoxy) is 1. The van der Waals surface area contributed by atoms with Crippen molar-refractivity contribution < 1.29 is 18.3 Å². The topological polar surface area (TPSA) is 38.3 Å². The molecule has 0 aromatic heterocycles. The van der Waals surface area contributed by atoms with Crippen LogP contribution in [-0.2, 0) is 11.3 Å². The van der Waals surface area contributed by atoms with E-state index in [0.29, 0.717) is 5.75 Å². The van der Waals surface area contributed by atoms with Gasteiger partial charge in [-0.2, -0.15) is 0 Å². The first-order valence-corrected chi connectivity index (χ1v) is 6.45. The van der Waals surface area contributed by atoms with Gasteiger partial charge in [-0.1, -0.05) is 18.2 Å². The van der Waals surface area contributed by atoms with E-state index in [9.17, 15) is 13.6 Å². The van der Waals surface area contributed by atoms with Crippen LogP contribution in [0.25, 0.3) is 0 Å². The Morgan fingerprint density at radius 2 is 1.95 bits per heavy atom. The van der Waals surface area contributed by atoms with Gasteiger partial charge in [0.15, 0.2) is 6.61 Å². The summed E-state index contributed by atoms with van der Waals surface area (Å²) < 4.78 is 31.7. The first-order valence-electron chi connectivity index (χ1n) is 6.45. The van der Waals surface area contributed by atoms with Gasteiger partial charge < -0.3 is 10.1 Å². The number of hydrogen-bond acceptors (Lipinski definition) is 2. The third kappa shape index (κ3) is 4.27. The van der Waals surface area contributed by atoms with Gasteiger partial charge >= 0.3 is 0 Å². The Labute approximate surface area is 121 Å². The zero-order valence-corrected chi connectivity index (χ0v) is 11.5. The number of benzene rings is 2. The van der Waals surface area contributed by atoms with Crippen molar-refractivity contribution in [1.29, 1.82) is 0 Å². The molecule has 3 nitrogen and oxygen atoms in total. The van der Waals surface area contributed by atoms with Crippen LogP contribution in [0.2, 0.25) is 0 Å². The number of rotatable bonds is 5. The van der Waals surface area contributed by atoms with Crippen LogP contribution >= 0.6 is 0 Å². The maximum Gasteiger partial charge on any atom is 0.258 e. The van der Waals surface area contributed by atoms with Crippen LogP contribution in [0, 0.1) is 18.6 Å². The summed E-state index contributed by atoms with van der Waals surface area (Å²) in [6, 6.07) is 10.4. The zero-order chi connectivity index (χ0) is 15.2. The van der Waals surface area contributed by atoms with Crippen molar-refractivity contribution in [1.82, 2.24) is 5.32 Å². The molecule has 1 N–H and O–H groups in total. The SMILES string of the molecule is Cc1ccccc1OCC(=O)NCc1cc(F)ccc1F. The highest BCUT2D eigenvalue weighted by molar-refractivity contribution is 5.77. The third-order valence-electron chi connectivity index (χ3n) is 2.94. The molecule has 2 rings (SSSR count). The minimum atomic E-state index is -0.559.